The zero-order valence-corrected chi connectivity index (χ0v) is 18.1. The van der Waals surface area contributed by atoms with Crippen LogP contribution in [0.2, 0.25) is 0 Å². The van der Waals surface area contributed by atoms with Crippen LogP contribution in [0.1, 0.15) is 41.0 Å². The van der Waals surface area contributed by atoms with Gasteiger partial charge in [0.25, 0.3) is 17.4 Å². The first kappa shape index (κ1) is 20.8. The van der Waals surface area contributed by atoms with Crippen LogP contribution in [-0.4, -0.2) is 34.4 Å². The Morgan fingerprint density at radius 2 is 1.58 bits per heavy atom. The number of amides is 2. The molecule has 2 heterocycles. The van der Waals surface area contributed by atoms with Gasteiger partial charge in [-0.2, -0.15) is 0 Å². The molecule has 1 saturated heterocycles. The first-order valence-electron chi connectivity index (χ1n) is 10.6. The van der Waals surface area contributed by atoms with E-state index in [1.807, 2.05) is 29.2 Å². The Balaban J connectivity index is 1.67. The summed E-state index contributed by atoms with van der Waals surface area (Å²) in [6, 6.07) is 15.7. The molecule has 2 amide bonds. The maximum atomic E-state index is 13.3. The largest absolute Gasteiger partial charge is 0.338 e. The standard InChI is InChI=1S/C25H27N3O3/c1-16-12-17(2)15-28(14-16)25(31)19-9-4-6-10-21(19)26-24(30)20-13-23(29)27(3)22-11-7-5-8-18(20)22/h4-11,13,16-17H,12,14-15H2,1-3H3,(H,26,30). The number of anilines is 1. The van der Waals surface area contributed by atoms with E-state index in [1.165, 1.54) is 10.6 Å². The Morgan fingerprint density at radius 3 is 2.32 bits per heavy atom. The van der Waals surface area contributed by atoms with Crippen molar-refractivity contribution in [3.8, 4) is 0 Å². The summed E-state index contributed by atoms with van der Waals surface area (Å²) in [5, 5.41) is 3.56. The summed E-state index contributed by atoms with van der Waals surface area (Å²) in [5.41, 5.74) is 1.63. The molecule has 1 aliphatic rings. The Labute approximate surface area is 181 Å². The molecule has 1 aliphatic heterocycles. The highest BCUT2D eigenvalue weighted by Crippen LogP contribution is 2.26. The molecule has 2 atom stereocenters. The zero-order valence-electron chi connectivity index (χ0n) is 18.1. The topological polar surface area (TPSA) is 71.4 Å². The second-order valence-corrected chi connectivity index (χ2v) is 8.63. The molecular formula is C25H27N3O3. The number of hydrogen-bond donors (Lipinski definition) is 1. The van der Waals surface area contributed by atoms with Crippen LogP contribution in [-0.2, 0) is 7.05 Å². The number of nitrogens with one attached hydrogen (secondary N) is 1. The number of fused-ring (bicyclic) bond motifs is 1. The molecule has 1 aromatic heterocycles. The van der Waals surface area contributed by atoms with Gasteiger partial charge in [0.1, 0.15) is 0 Å². The van der Waals surface area contributed by atoms with Crippen molar-refractivity contribution < 1.29 is 9.59 Å². The molecule has 31 heavy (non-hydrogen) atoms. The molecule has 0 aliphatic carbocycles. The molecule has 0 saturated carbocycles. The summed E-state index contributed by atoms with van der Waals surface area (Å²) >= 11 is 0. The third kappa shape index (κ3) is 4.10. The van der Waals surface area contributed by atoms with Gasteiger partial charge in [-0.3, -0.25) is 14.4 Å². The number of benzene rings is 2. The van der Waals surface area contributed by atoms with Crippen LogP contribution < -0.4 is 10.9 Å². The van der Waals surface area contributed by atoms with Crippen LogP contribution in [0.25, 0.3) is 10.9 Å². The van der Waals surface area contributed by atoms with Gasteiger partial charge >= 0.3 is 0 Å². The van der Waals surface area contributed by atoms with Crippen LogP contribution in [0.3, 0.4) is 0 Å². The van der Waals surface area contributed by atoms with Gasteiger partial charge in [0.15, 0.2) is 0 Å². The van der Waals surface area contributed by atoms with Gasteiger partial charge in [0.05, 0.1) is 22.3 Å². The fourth-order valence-corrected chi connectivity index (χ4v) is 4.57. The predicted octanol–water partition coefficient (Wildman–Crippen LogP) is 3.91. The van der Waals surface area contributed by atoms with Crippen molar-refractivity contribution in [1.82, 2.24) is 9.47 Å². The molecule has 3 aromatic rings. The van der Waals surface area contributed by atoms with Gasteiger partial charge in [-0.1, -0.05) is 44.2 Å². The Morgan fingerprint density at radius 1 is 0.935 bits per heavy atom. The van der Waals surface area contributed by atoms with E-state index in [-0.39, 0.29) is 11.5 Å². The van der Waals surface area contributed by atoms with E-state index in [4.69, 9.17) is 0 Å². The fraction of sp³-hybridized carbons (Fsp3) is 0.320. The minimum absolute atomic E-state index is 0.0804. The lowest BCUT2D eigenvalue weighted by Crippen LogP contribution is -2.42. The third-order valence-electron chi connectivity index (χ3n) is 5.96. The number of aryl methyl sites for hydroxylation is 1. The van der Waals surface area contributed by atoms with E-state index in [0.717, 1.165) is 6.42 Å². The monoisotopic (exact) mass is 417 g/mol. The number of rotatable bonds is 3. The SMILES string of the molecule is CC1CC(C)CN(C(=O)c2ccccc2NC(=O)c2cc(=O)n(C)c3ccccc23)C1. The first-order valence-corrected chi connectivity index (χ1v) is 10.6. The maximum absolute atomic E-state index is 13.3. The van der Waals surface area contributed by atoms with E-state index >= 15 is 0 Å². The number of para-hydroxylation sites is 2. The van der Waals surface area contributed by atoms with E-state index in [0.29, 0.717) is 52.6 Å². The summed E-state index contributed by atoms with van der Waals surface area (Å²) in [7, 11) is 1.68. The van der Waals surface area contributed by atoms with Crippen LogP contribution >= 0.6 is 0 Å². The Hall–Kier alpha value is -3.41. The maximum Gasteiger partial charge on any atom is 0.256 e. The van der Waals surface area contributed by atoms with Crippen LogP contribution in [0.4, 0.5) is 5.69 Å². The molecule has 160 valence electrons. The molecule has 2 unspecified atom stereocenters. The molecule has 1 N–H and O–H groups in total. The van der Waals surface area contributed by atoms with E-state index in [2.05, 4.69) is 19.2 Å². The molecule has 1 fully saturated rings. The average Bonchev–Trinajstić information content (AvgIpc) is 2.75. The number of carbonyl (C=O) groups excluding carboxylic acids is 2. The highest BCUT2D eigenvalue weighted by atomic mass is 16.2. The Kier molecular flexibility index (Phi) is 5.63. The number of pyridine rings is 1. The average molecular weight is 418 g/mol. The quantitative estimate of drug-likeness (QED) is 0.702. The third-order valence-corrected chi connectivity index (χ3v) is 5.96. The summed E-state index contributed by atoms with van der Waals surface area (Å²) in [4.78, 5) is 40.7. The molecule has 4 rings (SSSR count). The minimum atomic E-state index is -0.408. The van der Waals surface area contributed by atoms with Gasteiger partial charge < -0.3 is 14.8 Å². The lowest BCUT2D eigenvalue weighted by molar-refractivity contribution is 0.0624. The van der Waals surface area contributed by atoms with Crippen molar-refractivity contribution in [2.45, 2.75) is 20.3 Å². The van der Waals surface area contributed by atoms with Crippen molar-refractivity contribution in [3.63, 3.8) is 0 Å². The van der Waals surface area contributed by atoms with Crippen molar-refractivity contribution in [3.05, 3.63) is 76.1 Å². The van der Waals surface area contributed by atoms with Crippen molar-refractivity contribution in [1.29, 1.82) is 0 Å². The lowest BCUT2D eigenvalue weighted by Gasteiger charge is -2.35. The number of likely N-dealkylation sites (tertiary alicyclic amines) is 1. The number of carbonyl (C=O) groups is 2. The van der Waals surface area contributed by atoms with Gasteiger partial charge in [-0.25, -0.2) is 0 Å². The smallest absolute Gasteiger partial charge is 0.256 e. The van der Waals surface area contributed by atoms with E-state index in [1.54, 1.807) is 31.3 Å². The summed E-state index contributed by atoms with van der Waals surface area (Å²) in [6.45, 7) is 5.74. The second-order valence-electron chi connectivity index (χ2n) is 8.63. The first-order chi connectivity index (χ1) is 14.8. The van der Waals surface area contributed by atoms with Crippen LogP contribution in [0, 0.1) is 11.8 Å². The van der Waals surface area contributed by atoms with Crippen molar-refractivity contribution in [2.75, 3.05) is 18.4 Å². The van der Waals surface area contributed by atoms with Crippen molar-refractivity contribution >= 4 is 28.4 Å². The molecule has 0 spiro atoms. The van der Waals surface area contributed by atoms with Gasteiger partial charge in [0, 0.05) is 31.6 Å². The second kappa shape index (κ2) is 8.38. The number of aromatic nitrogens is 1. The number of piperidine rings is 1. The lowest BCUT2D eigenvalue weighted by atomic mass is 9.91. The molecule has 6 heteroatoms. The summed E-state index contributed by atoms with van der Waals surface area (Å²) in [6.07, 6.45) is 1.11. The highest BCUT2D eigenvalue weighted by molar-refractivity contribution is 6.14. The van der Waals surface area contributed by atoms with Crippen LogP contribution in [0.15, 0.2) is 59.4 Å². The normalized spacial score (nSPS) is 18.7. The highest BCUT2D eigenvalue weighted by Gasteiger charge is 2.27. The minimum Gasteiger partial charge on any atom is -0.338 e. The molecular weight excluding hydrogens is 390 g/mol. The van der Waals surface area contributed by atoms with Gasteiger partial charge in [-0.15, -0.1) is 0 Å². The molecule has 6 nitrogen and oxygen atoms in total. The zero-order chi connectivity index (χ0) is 22.1. The van der Waals surface area contributed by atoms with E-state index < -0.39 is 5.91 Å². The number of hydrogen-bond acceptors (Lipinski definition) is 3. The predicted molar refractivity (Wildman–Crippen MR) is 122 cm³/mol. The van der Waals surface area contributed by atoms with Gasteiger partial charge in [-0.05, 0) is 36.5 Å². The molecule has 2 aromatic carbocycles. The molecule has 0 radical (unpaired) electrons. The summed E-state index contributed by atoms with van der Waals surface area (Å²) < 4.78 is 1.52. The summed E-state index contributed by atoms with van der Waals surface area (Å²) in [5.74, 6) is 0.403. The van der Waals surface area contributed by atoms with Gasteiger partial charge in [0.2, 0.25) is 0 Å². The van der Waals surface area contributed by atoms with Crippen molar-refractivity contribution in [2.24, 2.45) is 18.9 Å². The Bertz CT molecular complexity index is 1200. The fourth-order valence-electron chi connectivity index (χ4n) is 4.57. The molecule has 0 bridgehead atoms. The van der Waals surface area contributed by atoms with Crippen LogP contribution in [0.5, 0.6) is 0 Å². The number of nitrogens with zero attached hydrogens (tertiary/aromatic N) is 2. The van der Waals surface area contributed by atoms with E-state index in [9.17, 15) is 14.4 Å².